The highest BCUT2D eigenvalue weighted by Crippen LogP contribution is 2.38. The minimum absolute atomic E-state index is 0.0800. The number of aliphatic hydroxyl groups excluding tert-OH is 1. The third-order valence-electron chi connectivity index (χ3n) is 9.27. The quantitative estimate of drug-likeness (QED) is 0.260. The molecular weight excluding hydrogens is 556 g/mol. The zero-order valence-electron chi connectivity index (χ0n) is 25.4. The van der Waals surface area contributed by atoms with Crippen LogP contribution in [0.3, 0.4) is 0 Å². The first-order chi connectivity index (χ1) is 21.7. The van der Waals surface area contributed by atoms with Crippen LogP contribution >= 0.6 is 0 Å². The number of piperidine rings is 1. The topological polar surface area (TPSA) is 105 Å². The van der Waals surface area contributed by atoms with E-state index in [1.807, 2.05) is 29.5 Å². The van der Waals surface area contributed by atoms with Gasteiger partial charge in [0.25, 0.3) is 0 Å². The molecule has 0 unspecified atom stereocenters. The molecule has 11 nitrogen and oxygen atoms in total. The molecule has 0 aliphatic carbocycles. The second-order valence-corrected chi connectivity index (χ2v) is 11.8. The average molecular weight is 599 g/mol. The standard InChI is InChI=1S/C33H42N8O3/c1-43-30-23-25(7-8-29(30)40-14-10-26(11-15-40)39-18-16-38(17-19-39)20-21-42)35-33-36-31-27(9-13-34-31)32(37-33)41-28(12-22-44-41)24-5-3-2-4-6-24/h2-9,13,23,26,28,42H,10-12,14-22H2,1H3,(H2,34,35,36,37)/t28-/m0/s1. The Balaban J connectivity index is 1.05. The number of anilines is 4. The van der Waals surface area contributed by atoms with E-state index in [4.69, 9.17) is 19.5 Å². The van der Waals surface area contributed by atoms with Crippen LogP contribution in [-0.4, -0.2) is 102 Å². The van der Waals surface area contributed by atoms with Gasteiger partial charge in [-0.2, -0.15) is 9.97 Å². The summed E-state index contributed by atoms with van der Waals surface area (Å²) >= 11 is 0. The van der Waals surface area contributed by atoms with E-state index in [0.717, 1.165) is 99.1 Å². The molecule has 4 aromatic rings. The summed E-state index contributed by atoms with van der Waals surface area (Å²) in [4.78, 5) is 26.5. The van der Waals surface area contributed by atoms with Crippen LogP contribution in [0.4, 0.5) is 23.1 Å². The summed E-state index contributed by atoms with van der Waals surface area (Å²) in [7, 11) is 1.73. The lowest BCUT2D eigenvalue weighted by atomic mass is 10.0. The first-order valence-corrected chi connectivity index (χ1v) is 15.8. The van der Waals surface area contributed by atoms with Crippen LogP contribution in [0.25, 0.3) is 11.0 Å². The minimum Gasteiger partial charge on any atom is -0.495 e. The van der Waals surface area contributed by atoms with Crippen LogP contribution in [0.5, 0.6) is 5.75 Å². The first kappa shape index (κ1) is 28.8. The van der Waals surface area contributed by atoms with Gasteiger partial charge in [-0.3, -0.25) is 14.6 Å². The van der Waals surface area contributed by atoms with Crippen LogP contribution in [0.1, 0.15) is 30.9 Å². The van der Waals surface area contributed by atoms with Gasteiger partial charge in [-0.05, 0) is 36.6 Å². The zero-order valence-corrected chi connectivity index (χ0v) is 25.4. The predicted molar refractivity (Wildman–Crippen MR) is 173 cm³/mol. The van der Waals surface area contributed by atoms with E-state index in [-0.39, 0.29) is 12.6 Å². The number of hydrogen-bond acceptors (Lipinski definition) is 10. The van der Waals surface area contributed by atoms with Crippen LogP contribution in [0.15, 0.2) is 60.8 Å². The van der Waals surface area contributed by atoms with Crippen molar-refractivity contribution < 1.29 is 14.7 Å². The summed E-state index contributed by atoms with van der Waals surface area (Å²) in [6, 6.07) is 19.4. The molecule has 3 aliphatic rings. The fourth-order valence-corrected chi connectivity index (χ4v) is 6.92. The number of nitrogens with one attached hydrogen (secondary N) is 2. The molecule has 2 aromatic heterocycles. The maximum absolute atomic E-state index is 9.24. The third kappa shape index (κ3) is 5.92. The molecule has 0 spiro atoms. The highest BCUT2D eigenvalue weighted by molar-refractivity contribution is 5.89. The number of β-amino-alcohol motifs (C(OH)–C–C–N with tert-alkyl or cyclic N) is 1. The van der Waals surface area contributed by atoms with E-state index < -0.39 is 0 Å². The van der Waals surface area contributed by atoms with Gasteiger partial charge < -0.3 is 25.0 Å². The van der Waals surface area contributed by atoms with Gasteiger partial charge in [0.15, 0.2) is 5.82 Å². The minimum atomic E-state index is 0.0800. The maximum atomic E-state index is 9.24. The van der Waals surface area contributed by atoms with Gasteiger partial charge in [-0.15, -0.1) is 0 Å². The van der Waals surface area contributed by atoms with Gasteiger partial charge in [0, 0.05) is 76.2 Å². The lowest BCUT2D eigenvalue weighted by molar-refractivity contribution is 0.0746. The second-order valence-electron chi connectivity index (χ2n) is 11.8. The lowest BCUT2D eigenvalue weighted by Crippen LogP contribution is -2.53. The Morgan fingerprint density at radius 1 is 0.977 bits per heavy atom. The van der Waals surface area contributed by atoms with Crippen molar-refractivity contribution >= 4 is 34.2 Å². The van der Waals surface area contributed by atoms with Crippen molar-refractivity contribution in [2.24, 2.45) is 0 Å². The first-order valence-electron chi connectivity index (χ1n) is 15.8. The number of methoxy groups -OCH3 is 1. The Morgan fingerprint density at radius 2 is 1.80 bits per heavy atom. The Bertz CT molecular complexity index is 1530. The van der Waals surface area contributed by atoms with E-state index in [9.17, 15) is 5.11 Å². The number of piperazine rings is 1. The number of nitrogens with zero attached hydrogens (tertiary/aromatic N) is 6. The monoisotopic (exact) mass is 598 g/mol. The molecule has 7 rings (SSSR count). The lowest BCUT2D eigenvalue weighted by Gasteiger charge is -2.43. The molecule has 3 fully saturated rings. The van der Waals surface area contributed by atoms with Crippen LogP contribution < -0.4 is 20.0 Å². The van der Waals surface area contributed by atoms with Crippen LogP contribution in [0, 0.1) is 0 Å². The summed E-state index contributed by atoms with van der Waals surface area (Å²) in [6.07, 6.45) is 5.05. The molecule has 1 atom stereocenters. The van der Waals surface area contributed by atoms with E-state index >= 15 is 0 Å². The van der Waals surface area contributed by atoms with Crippen molar-refractivity contribution in [2.75, 3.05) is 81.4 Å². The molecule has 5 heterocycles. The normalized spacial score (nSPS) is 20.5. The van der Waals surface area contributed by atoms with Gasteiger partial charge >= 0.3 is 0 Å². The highest BCUT2D eigenvalue weighted by atomic mass is 16.7. The van der Waals surface area contributed by atoms with E-state index in [1.54, 1.807) is 7.11 Å². The van der Waals surface area contributed by atoms with Crippen molar-refractivity contribution in [1.29, 1.82) is 0 Å². The van der Waals surface area contributed by atoms with Crippen molar-refractivity contribution in [3.63, 3.8) is 0 Å². The van der Waals surface area contributed by atoms with Crippen molar-refractivity contribution in [3.8, 4) is 5.75 Å². The van der Waals surface area contributed by atoms with E-state index in [2.05, 4.69) is 61.4 Å². The smallest absolute Gasteiger partial charge is 0.231 e. The summed E-state index contributed by atoms with van der Waals surface area (Å²) in [5, 5.41) is 15.5. The number of aromatic amines is 1. The largest absolute Gasteiger partial charge is 0.495 e. The van der Waals surface area contributed by atoms with E-state index in [1.165, 1.54) is 5.56 Å². The van der Waals surface area contributed by atoms with Gasteiger partial charge in [0.1, 0.15) is 11.4 Å². The molecule has 0 amide bonds. The number of hydroxylamine groups is 1. The molecule has 2 aromatic carbocycles. The number of fused-ring (bicyclic) bond motifs is 1. The number of hydrogen-bond donors (Lipinski definition) is 3. The van der Waals surface area contributed by atoms with Gasteiger partial charge in [0.2, 0.25) is 5.95 Å². The maximum Gasteiger partial charge on any atom is 0.231 e. The Morgan fingerprint density at radius 3 is 2.57 bits per heavy atom. The molecule has 232 valence electrons. The van der Waals surface area contributed by atoms with E-state index in [0.29, 0.717) is 18.6 Å². The Hall–Kier alpha value is -3.90. The molecule has 3 saturated heterocycles. The molecule has 3 aliphatic heterocycles. The van der Waals surface area contributed by atoms with Gasteiger partial charge in [-0.25, -0.2) is 5.06 Å². The Labute approximate surface area is 258 Å². The highest BCUT2D eigenvalue weighted by Gasteiger charge is 2.31. The van der Waals surface area contributed by atoms with Crippen molar-refractivity contribution in [3.05, 3.63) is 66.4 Å². The summed E-state index contributed by atoms with van der Waals surface area (Å²) < 4.78 is 5.89. The number of benzene rings is 2. The molecule has 0 radical (unpaired) electrons. The Kier molecular flexibility index (Phi) is 8.52. The summed E-state index contributed by atoms with van der Waals surface area (Å²) in [5.74, 6) is 2.07. The van der Waals surface area contributed by atoms with Crippen LogP contribution in [0.2, 0.25) is 0 Å². The van der Waals surface area contributed by atoms with Gasteiger partial charge in [-0.1, -0.05) is 30.3 Å². The van der Waals surface area contributed by atoms with Crippen LogP contribution in [-0.2, 0) is 4.84 Å². The number of H-pyrrole nitrogens is 1. The molecule has 0 saturated carbocycles. The average Bonchev–Trinajstić information content (AvgIpc) is 3.76. The second kappa shape index (κ2) is 13.0. The fraction of sp³-hybridized carbons (Fsp3) is 0.455. The third-order valence-corrected chi connectivity index (χ3v) is 9.27. The number of ether oxygens (including phenoxy) is 1. The number of rotatable bonds is 9. The summed E-state index contributed by atoms with van der Waals surface area (Å²) in [6.45, 7) is 7.92. The van der Waals surface area contributed by atoms with Crippen molar-refractivity contribution in [2.45, 2.75) is 31.3 Å². The SMILES string of the molecule is COc1cc(Nc2nc(N3OCC[C@H]3c3ccccc3)c3cc[nH]c3n2)ccc1N1CCC(N2CCN(CCO)CC2)CC1. The molecule has 44 heavy (non-hydrogen) atoms. The number of aromatic nitrogens is 3. The fourth-order valence-electron chi connectivity index (χ4n) is 6.92. The molecule has 3 N–H and O–H groups in total. The summed E-state index contributed by atoms with van der Waals surface area (Å²) in [5.41, 5.74) is 3.93. The van der Waals surface area contributed by atoms with Crippen molar-refractivity contribution in [1.82, 2.24) is 24.8 Å². The zero-order chi connectivity index (χ0) is 29.9. The predicted octanol–water partition coefficient (Wildman–Crippen LogP) is 4.17. The molecular formula is C33H42N8O3. The number of aliphatic hydroxyl groups is 1. The van der Waals surface area contributed by atoms with Gasteiger partial charge in [0.05, 0.1) is 37.4 Å². The molecule has 0 bridgehead atoms. The molecule has 11 heteroatoms.